The van der Waals surface area contributed by atoms with Crippen molar-refractivity contribution < 1.29 is 5.11 Å². The second kappa shape index (κ2) is 4.02. The third-order valence-electron chi connectivity index (χ3n) is 1.32. The molecule has 0 aliphatic rings. The summed E-state index contributed by atoms with van der Waals surface area (Å²) >= 11 is 5.02. The van der Waals surface area contributed by atoms with Crippen LogP contribution in [0.1, 0.15) is 5.56 Å². The standard InChI is InChI=1S/C8H9BrOS/c1-11-5-6-2-3-8(10)7(9)4-6/h2-4,10H,5H2,1H3. The maximum Gasteiger partial charge on any atom is 0.129 e. The van der Waals surface area contributed by atoms with E-state index in [2.05, 4.69) is 22.2 Å². The van der Waals surface area contributed by atoms with Gasteiger partial charge in [0.2, 0.25) is 0 Å². The average molecular weight is 233 g/mol. The summed E-state index contributed by atoms with van der Waals surface area (Å²) in [6.07, 6.45) is 2.06. The van der Waals surface area contributed by atoms with Crippen molar-refractivity contribution in [3.05, 3.63) is 28.2 Å². The second-order valence-corrected chi connectivity index (χ2v) is 3.94. The molecule has 1 rings (SSSR count). The Labute approximate surface area is 78.9 Å². The molecule has 0 bridgehead atoms. The normalized spacial score (nSPS) is 10.0. The van der Waals surface area contributed by atoms with Crippen LogP contribution in [0.15, 0.2) is 22.7 Å². The minimum absolute atomic E-state index is 0.301. The van der Waals surface area contributed by atoms with Gasteiger partial charge in [0, 0.05) is 5.75 Å². The van der Waals surface area contributed by atoms with Crippen LogP contribution in [0.2, 0.25) is 0 Å². The number of hydrogen-bond acceptors (Lipinski definition) is 2. The van der Waals surface area contributed by atoms with Crippen molar-refractivity contribution in [3.63, 3.8) is 0 Å². The molecule has 1 N–H and O–H groups in total. The van der Waals surface area contributed by atoms with E-state index in [4.69, 9.17) is 5.11 Å². The number of rotatable bonds is 2. The predicted molar refractivity (Wildman–Crippen MR) is 53.0 cm³/mol. The number of phenolic OH excluding ortho intramolecular Hbond substituents is 1. The molecular formula is C8H9BrOS. The lowest BCUT2D eigenvalue weighted by Gasteiger charge is -2.00. The molecule has 0 aliphatic heterocycles. The van der Waals surface area contributed by atoms with Crippen molar-refractivity contribution in [2.45, 2.75) is 5.75 Å². The maximum absolute atomic E-state index is 9.16. The van der Waals surface area contributed by atoms with E-state index < -0.39 is 0 Å². The highest BCUT2D eigenvalue weighted by molar-refractivity contribution is 9.10. The average Bonchev–Trinajstić information content (AvgIpc) is 1.98. The lowest BCUT2D eigenvalue weighted by Crippen LogP contribution is -1.78. The second-order valence-electron chi connectivity index (χ2n) is 2.22. The molecule has 0 spiro atoms. The minimum atomic E-state index is 0.301. The van der Waals surface area contributed by atoms with E-state index in [1.54, 1.807) is 17.8 Å². The van der Waals surface area contributed by atoms with E-state index in [1.165, 1.54) is 5.56 Å². The molecule has 0 unspecified atom stereocenters. The molecule has 11 heavy (non-hydrogen) atoms. The number of hydrogen-bond donors (Lipinski definition) is 1. The monoisotopic (exact) mass is 232 g/mol. The van der Waals surface area contributed by atoms with Crippen LogP contribution in [0.25, 0.3) is 0 Å². The van der Waals surface area contributed by atoms with Crippen LogP contribution in [0.4, 0.5) is 0 Å². The Balaban J connectivity index is 2.86. The van der Waals surface area contributed by atoms with Crippen LogP contribution in [0.5, 0.6) is 5.75 Å². The summed E-state index contributed by atoms with van der Waals surface area (Å²) in [5, 5.41) is 9.16. The fourth-order valence-electron chi connectivity index (χ4n) is 0.807. The fourth-order valence-corrected chi connectivity index (χ4v) is 1.75. The first-order valence-corrected chi connectivity index (χ1v) is 5.39. The topological polar surface area (TPSA) is 20.2 Å². The van der Waals surface area contributed by atoms with Gasteiger partial charge in [0.15, 0.2) is 0 Å². The Morgan fingerprint density at radius 3 is 2.82 bits per heavy atom. The van der Waals surface area contributed by atoms with E-state index in [0.717, 1.165) is 10.2 Å². The first kappa shape index (κ1) is 8.94. The van der Waals surface area contributed by atoms with Gasteiger partial charge >= 0.3 is 0 Å². The maximum atomic E-state index is 9.16. The third-order valence-corrected chi connectivity index (χ3v) is 2.58. The van der Waals surface area contributed by atoms with Gasteiger partial charge in [0.25, 0.3) is 0 Å². The molecule has 0 saturated heterocycles. The molecule has 0 saturated carbocycles. The minimum Gasteiger partial charge on any atom is -0.507 e. The van der Waals surface area contributed by atoms with Crippen LogP contribution < -0.4 is 0 Å². The number of halogens is 1. The summed E-state index contributed by atoms with van der Waals surface area (Å²) in [5.41, 5.74) is 1.22. The van der Waals surface area contributed by atoms with E-state index in [9.17, 15) is 0 Å². The highest BCUT2D eigenvalue weighted by atomic mass is 79.9. The Bertz CT molecular complexity index is 250. The van der Waals surface area contributed by atoms with Gasteiger partial charge in [-0.15, -0.1) is 0 Å². The Morgan fingerprint density at radius 1 is 1.55 bits per heavy atom. The molecule has 1 aromatic rings. The molecule has 1 nitrogen and oxygen atoms in total. The quantitative estimate of drug-likeness (QED) is 0.847. The van der Waals surface area contributed by atoms with Crippen LogP contribution in [0, 0.1) is 0 Å². The van der Waals surface area contributed by atoms with Gasteiger partial charge < -0.3 is 5.11 Å². The van der Waals surface area contributed by atoms with Crippen LogP contribution >= 0.6 is 27.7 Å². The largest absolute Gasteiger partial charge is 0.507 e. The molecule has 0 heterocycles. The van der Waals surface area contributed by atoms with E-state index in [-0.39, 0.29) is 0 Å². The molecular weight excluding hydrogens is 224 g/mol. The number of thioether (sulfide) groups is 1. The van der Waals surface area contributed by atoms with Crippen molar-refractivity contribution in [1.29, 1.82) is 0 Å². The van der Waals surface area contributed by atoms with Crippen molar-refractivity contribution in [2.75, 3.05) is 6.26 Å². The van der Waals surface area contributed by atoms with Gasteiger partial charge in [0.1, 0.15) is 5.75 Å². The molecule has 0 atom stereocenters. The summed E-state index contributed by atoms with van der Waals surface area (Å²) < 4.78 is 0.768. The predicted octanol–water partition coefficient (Wildman–Crippen LogP) is 3.02. The Hall–Kier alpha value is -0.150. The number of benzene rings is 1. The molecule has 0 amide bonds. The van der Waals surface area contributed by atoms with E-state index in [0.29, 0.717) is 5.75 Å². The fraction of sp³-hybridized carbons (Fsp3) is 0.250. The molecule has 0 aliphatic carbocycles. The summed E-state index contributed by atoms with van der Waals surface area (Å²) in [6.45, 7) is 0. The SMILES string of the molecule is CSCc1ccc(O)c(Br)c1. The first-order valence-electron chi connectivity index (χ1n) is 3.20. The number of phenols is 1. The van der Waals surface area contributed by atoms with Crippen molar-refractivity contribution in [1.82, 2.24) is 0 Å². The Kier molecular flexibility index (Phi) is 3.27. The molecule has 60 valence electrons. The van der Waals surface area contributed by atoms with Crippen molar-refractivity contribution >= 4 is 27.7 Å². The molecule has 1 aromatic carbocycles. The van der Waals surface area contributed by atoms with Crippen LogP contribution in [-0.4, -0.2) is 11.4 Å². The van der Waals surface area contributed by atoms with Crippen LogP contribution in [-0.2, 0) is 5.75 Å². The smallest absolute Gasteiger partial charge is 0.129 e. The summed E-state index contributed by atoms with van der Waals surface area (Å²) in [5.74, 6) is 1.29. The lowest BCUT2D eigenvalue weighted by molar-refractivity contribution is 0.472. The summed E-state index contributed by atoms with van der Waals surface area (Å²) in [6, 6.07) is 5.57. The lowest BCUT2D eigenvalue weighted by atomic mass is 10.2. The zero-order valence-corrected chi connectivity index (χ0v) is 8.58. The van der Waals surface area contributed by atoms with Gasteiger partial charge in [0.05, 0.1) is 4.47 Å². The highest BCUT2D eigenvalue weighted by Crippen LogP contribution is 2.25. The van der Waals surface area contributed by atoms with Crippen molar-refractivity contribution in [3.8, 4) is 5.75 Å². The first-order chi connectivity index (χ1) is 5.24. The summed E-state index contributed by atoms with van der Waals surface area (Å²) in [7, 11) is 0. The van der Waals surface area contributed by atoms with Gasteiger partial charge in [-0.3, -0.25) is 0 Å². The van der Waals surface area contributed by atoms with Gasteiger partial charge in [-0.2, -0.15) is 11.8 Å². The molecule has 0 aromatic heterocycles. The van der Waals surface area contributed by atoms with Crippen molar-refractivity contribution in [2.24, 2.45) is 0 Å². The Morgan fingerprint density at radius 2 is 2.27 bits per heavy atom. The zero-order chi connectivity index (χ0) is 8.27. The highest BCUT2D eigenvalue weighted by Gasteiger charge is 1.97. The van der Waals surface area contributed by atoms with E-state index in [1.807, 2.05) is 12.1 Å². The van der Waals surface area contributed by atoms with E-state index >= 15 is 0 Å². The van der Waals surface area contributed by atoms with Gasteiger partial charge in [-0.05, 0) is 39.9 Å². The third kappa shape index (κ3) is 2.42. The van der Waals surface area contributed by atoms with Gasteiger partial charge in [-0.25, -0.2) is 0 Å². The number of aromatic hydroxyl groups is 1. The van der Waals surface area contributed by atoms with Gasteiger partial charge in [-0.1, -0.05) is 6.07 Å². The van der Waals surface area contributed by atoms with Crippen LogP contribution in [0.3, 0.4) is 0 Å². The zero-order valence-electron chi connectivity index (χ0n) is 6.17. The summed E-state index contributed by atoms with van der Waals surface area (Å²) in [4.78, 5) is 0. The molecule has 3 heteroatoms. The molecule has 0 radical (unpaired) electrons. The molecule has 0 fully saturated rings.